The summed E-state index contributed by atoms with van der Waals surface area (Å²) in [6.45, 7) is 0. The number of hydrogen-bond donors (Lipinski definition) is 1. The van der Waals surface area contributed by atoms with Gasteiger partial charge in [-0.2, -0.15) is 0 Å². The van der Waals surface area contributed by atoms with Gasteiger partial charge in [0.2, 0.25) is 5.96 Å². The number of anilines is 1. The monoisotopic (exact) mass is 346 g/mol. The molecule has 0 spiro atoms. The summed E-state index contributed by atoms with van der Waals surface area (Å²) >= 11 is 0. The first-order valence-electron chi connectivity index (χ1n) is 8.40. The number of aryl methyl sites for hydroxylation is 2. The molecule has 1 aliphatic carbocycles. The maximum atomic E-state index is 11.0. The largest absolute Gasteiger partial charge is 0.369 e. The topological polar surface area (TPSA) is 84.8 Å². The van der Waals surface area contributed by atoms with Crippen molar-refractivity contribution in [2.45, 2.75) is 12.8 Å². The van der Waals surface area contributed by atoms with Crippen molar-refractivity contribution >= 4 is 33.8 Å². The molecule has 3 aromatic carbocycles. The fourth-order valence-corrected chi connectivity index (χ4v) is 3.47. The average molecular weight is 346 g/mol. The first-order chi connectivity index (χ1) is 12.5. The molecule has 0 saturated carbocycles. The van der Waals surface area contributed by atoms with Crippen molar-refractivity contribution < 1.29 is 4.92 Å². The normalized spacial score (nSPS) is 13.2. The Morgan fingerprint density at radius 3 is 2.62 bits per heavy atom. The van der Waals surface area contributed by atoms with E-state index in [2.05, 4.69) is 23.2 Å². The van der Waals surface area contributed by atoms with Crippen LogP contribution in [-0.2, 0) is 12.8 Å². The van der Waals surface area contributed by atoms with E-state index < -0.39 is 4.92 Å². The highest BCUT2D eigenvalue weighted by Crippen LogP contribution is 2.36. The van der Waals surface area contributed by atoms with Gasteiger partial charge in [-0.15, -0.1) is 0 Å². The summed E-state index contributed by atoms with van der Waals surface area (Å²) in [6, 6.07) is 16.7. The fraction of sp³-hybridized carbons (Fsp3) is 0.150. The first kappa shape index (κ1) is 16.1. The zero-order valence-electron chi connectivity index (χ0n) is 14.3. The minimum absolute atomic E-state index is 0.0208. The molecule has 0 aliphatic heterocycles. The van der Waals surface area contributed by atoms with Crippen molar-refractivity contribution in [1.82, 2.24) is 0 Å². The highest BCUT2D eigenvalue weighted by atomic mass is 16.6. The van der Waals surface area contributed by atoms with Crippen LogP contribution in [0.25, 0.3) is 10.8 Å². The number of rotatable bonds is 3. The van der Waals surface area contributed by atoms with Gasteiger partial charge in [0.25, 0.3) is 5.69 Å². The molecule has 6 heteroatoms. The van der Waals surface area contributed by atoms with Gasteiger partial charge < -0.3 is 10.6 Å². The van der Waals surface area contributed by atoms with E-state index in [0.717, 1.165) is 23.9 Å². The lowest BCUT2D eigenvalue weighted by atomic mass is 10.0. The third-order valence-electron chi connectivity index (χ3n) is 4.86. The van der Waals surface area contributed by atoms with Crippen LogP contribution in [0.1, 0.15) is 11.1 Å². The second-order valence-corrected chi connectivity index (χ2v) is 6.39. The van der Waals surface area contributed by atoms with Crippen LogP contribution < -0.4 is 10.6 Å². The van der Waals surface area contributed by atoms with Gasteiger partial charge in [-0.25, -0.2) is 4.99 Å². The molecule has 0 radical (unpaired) electrons. The third-order valence-corrected chi connectivity index (χ3v) is 4.86. The van der Waals surface area contributed by atoms with E-state index in [-0.39, 0.29) is 11.6 Å². The molecular weight excluding hydrogens is 328 g/mol. The van der Waals surface area contributed by atoms with Crippen LogP contribution in [0.2, 0.25) is 0 Å². The van der Waals surface area contributed by atoms with Crippen LogP contribution in [0, 0.1) is 10.1 Å². The molecule has 6 nitrogen and oxygen atoms in total. The van der Waals surface area contributed by atoms with Crippen LogP contribution in [0.15, 0.2) is 59.6 Å². The SMILES string of the molecule is CN(C(N)=Nc1ccc2c3c(cccc13)CC2)c1cccc([N+](=O)[O-])c1. The number of nitro groups is 1. The molecule has 26 heavy (non-hydrogen) atoms. The second-order valence-electron chi connectivity index (χ2n) is 6.39. The Morgan fingerprint density at radius 1 is 1.12 bits per heavy atom. The molecule has 0 saturated heterocycles. The molecule has 0 amide bonds. The Morgan fingerprint density at radius 2 is 1.85 bits per heavy atom. The van der Waals surface area contributed by atoms with E-state index in [1.54, 1.807) is 24.1 Å². The van der Waals surface area contributed by atoms with E-state index >= 15 is 0 Å². The van der Waals surface area contributed by atoms with Crippen molar-refractivity contribution in [3.8, 4) is 0 Å². The predicted octanol–water partition coefficient (Wildman–Crippen LogP) is 3.93. The molecule has 3 aromatic rings. The Hall–Kier alpha value is -3.41. The Bertz CT molecular complexity index is 1050. The van der Waals surface area contributed by atoms with Gasteiger partial charge in [-0.1, -0.05) is 30.3 Å². The Balaban J connectivity index is 1.74. The lowest BCUT2D eigenvalue weighted by Crippen LogP contribution is -2.33. The van der Waals surface area contributed by atoms with E-state index in [0.29, 0.717) is 5.69 Å². The van der Waals surface area contributed by atoms with Crippen LogP contribution in [0.3, 0.4) is 0 Å². The molecule has 0 heterocycles. The second kappa shape index (κ2) is 6.15. The molecule has 130 valence electrons. The molecule has 4 rings (SSSR count). The van der Waals surface area contributed by atoms with Gasteiger partial charge >= 0.3 is 0 Å². The number of aliphatic imine (C=N–C) groups is 1. The average Bonchev–Trinajstić information content (AvgIpc) is 3.08. The van der Waals surface area contributed by atoms with Gasteiger partial charge in [-0.05, 0) is 41.5 Å². The number of non-ortho nitro benzene ring substituents is 1. The molecule has 0 fully saturated rings. The first-order valence-corrected chi connectivity index (χ1v) is 8.40. The maximum Gasteiger partial charge on any atom is 0.271 e. The predicted molar refractivity (Wildman–Crippen MR) is 104 cm³/mol. The van der Waals surface area contributed by atoms with Crippen molar-refractivity contribution in [1.29, 1.82) is 0 Å². The van der Waals surface area contributed by atoms with E-state index in [9.17, 15) is 10.1 Å². The Labute approximate surface area is 150 Å². The lowest BCUT2D eigenvalue weighted by Gasteiger charge is -2.18. The van der Waals surface area contributed by atoms with Gasteiger partial charge in [0.05, 0.1) is 16.3 Å². The molecular formula is C20H18N4O2. The lowest BCUT2D eigenvalue weighted by molar-refractivity contribution is -0.384. The summed E-state index contributed by atoms with van der Waals surface area (Å²) in [5.41, 5.74) is 10.3. The maximum absolute atomic E-state index is 11.0. The van der Waals surface area contributed by atoms with E-state index in [1.807, 2.05) is 12.1 Å². The van der Waals surface area contributed by atoms with Crippen LogP contribution in [0.5, 0.6) is 0 Å². The van der Waals surface area contributed by atoms with Gasteiger partial charge in [0.15, 0.2) is 0 Å². The highest BCUT2D eigenvalue weighted by Gasteiger charge is 2.16. The van der Waals surface area contributed by atoms with Crippen molar-refractivity contribution in [2.75, 3.05) is 11.9 Å². The smallest absolute Gasteiger partial charge is 0.271 e. The molecule has 0 aromatic heterocycles. The fourth-order valence-electron chi connectivity index (χ4n) is 3.47. The summed E-state index contributed by atoms with van der Waals surface area (Å²) < 4.78 is 0. The molecule has 0 unspecified atom stereocenters. The molecule has 0 bridgehead atoms. The number of guanidine groups is 1. The number of nitrogens with zero attached hydrogens (tertiary/aromatic N) is 3. The minimum atomic E-state index is -0.423. The van der Waals surface area contributed by atoms with E-state index in [1.165, 1.54) is 28.6 Å². The molecule has 0 atom stereocenters. The number of nitro benzene ring substituents is 1. The quantitative estimate of drug-likeness (QED) is 0.337. The van der Waals surface area contributed by atoms with Crippen molar-refractivity contribution in [2.24, 2.45) is 10.7 Å². The summed E-state index contributed by atoms with van der Waals surface area (Å²) in [5, 5.41) is 13.3. The van der Waals surface area contributed by atoms with Crippen LogP contribution in [-0.4, -0.2) is 17.9 Å². The number of nitrogens with two attached hydrogens (primary N) is 1. The van der Waals surface area contributed by atoms with Crippen LogP contribution >= 0.6 is 0 Å². The summed E-state index contributed by atoms with van der Waals surface area (Å²) in [6.07, 6.45) is 2.12. The summed E-state index contributed by atoms with van der Waals surface area (Å²) in [7, 11) is 1.75. The zero-order valence-corrected chi connectivity index (χ0v) is 14.3. The summed E-state index contributed by atoms with van der Waals surface area (Å²) in [5.74, 6) is 0.282. The highest BCUT2D eigenvalue weighted by molar-refractivity contribution is 6.02. The van der Waals surface area contributed by atoms with Crippen LogP contribution in [0.4, 0.5) is 17.1 Å². The molecule has 2 N–H and O–H groups in total. The van der Waals surface area contributed by atoms with Crippen molar-refractivity contribution in [3.05, 3.63) is 75.8 Å². The minimum Gasteiger partial charge on any atom is -0.369 e. The van der Waals surface area contributed by atoms with Gasteiger partial charge in [-0.3, -0.25) is 10.1 Å². The van der Waals surface area contributed by atoms with Gasteiger partial charge in [0.1, 0.15) is 0 Å². The standard InChI is InChI=1S/C20H18N4O2/c1-23(15-5-3-6-16(12-15)24(25)26)20(21)22-18-11-10-14-9-8-13-4-2-7-17(18)19(13)14/h2-7,10-12H,8-9H2,1H3,(H2,21,22). The number of hydrogen-bond acceptors (Lipinski definition) is 3. The third kappa shape index (κ3) is 2.65. The van der Waals surface area contributed by atoms with Gasteiger partial charge in [0, 0.05) is 24.6 Å². The zero-order chi connectivity index (χ0) is 18.3. The van der Waals surface area contributed by atoms with E-state index in [4.69, 9.17) is 5.73 Å². The number of benzene rings is 3. The Kier molecular flexibility index (Phi) is 3.80. The summed E-state index contributed by atoms with van der Waals surface area (Å²) in [4.78, 5) is 16.8. The van der Waals surface area contributed by atoms with Crippen molar-refractivity contribution in [3.63, 3.8) is 0 Å². The molecule has 1 aliphatic rings.